The third kappa shape index (κ3) is 2.81. The molecule has 3 heteroatoms. The fraction of sp³-hybridized carbons (Fsp3) is 0.562. The summed E-state index contributed by atoms with van der Waals surface area (Å²) in [5.74, 6) is 0.208. The molecular formula is C16H24N2O. The van der Waals surface area contributed by atoms with Crippen molar-refractivity contribution in [3.8, 4) is 0 Å². The molecule has 3 nitrogen and oxygen atoms in total. The number of hydrogen-bond acceptors (Lipinski definition) is 2. The third-order valence-corrected chi connectivity index (χ3v) is 4.34. The molecule has 2 rings (SSSR count). The van der Waals surface area contributed by atoms with E-state index in [-0.39, 0.29) is 11.4 Å². The highest BCUT2D eigenvalue weighted by Gasteiger charge is 2.38. The lowest BCUT2D eigenvalue weighted by Crippen LogP contribution is -2.50. The molecule has 0 aromatic heterocycles. The van der Waals surface area contributed by atoms with Gasteiger partial charge in [0.1, 0.15) is 0 Å². The van der Waals surface area contributed by atoms with Crippen LogP contribution in [0.1, 0.15) is 36.5 Å². The molecule has 1 fully saturated rings. The standard InChI is InChI=1S/C16H24N2O/c1-12-5-6-13(2)14(9-12)10-15(19)18-8-4-7-16(18,3)11-17/h5-6,9H,4,7-8,10-11,17H2,1-3H3. The second kappa shape index (κ2) is 5.33. The Morgan fingerprint density at radius 3 is 2.84 bits per heavy atom. The van der Waals surface area contributed by atoms with Crippen LogP contribution < -0.4 is 5.73 Å². The van der Waals surface area contributed by atoms with Gasteiger partial charge in [0.2, 0.25) is 5.91 Å². The molecule has 0 bridgehead atoms. The normalized spacial score (nSPS) is 22.8. The van der Waals surface area contributed by atoms with E-state index in [9.17, 15) is 4.79 Å². The highest BCUT2D eigenvalue weighted by molar-refractivity contribution is 5.80. The monoisotopic (exact) mass is 260 g/mol. The van der Waals surface area contributed by atoms with Crippen LogP contribution in [-0.2, 0) is 11.2 Å². The maximum Gasteiger partial charge on any atom is 0.227 e. The first-order valence-electron chi connectivity index (χ1n) is 7.03. The zero-order valence-corrected chi connectivity index (χ0v) is 12.2. The Bertz CT molecular complexity index is 484. The number of likely N-dealkylation sites (tertiary alicyclic amines) is 1. The van der Waals surface area contributed by atoms with Gasteiger partial charge in [-0.05, 0) is 44.7 Å². The molecule has 19 heavy (non-hydrogen) atoms. The average molecular weight is 260 g/mol. The minimum atomic E-state index is -0.144. The van der Waals surface area contributed by atoms with E-state index in [4.69, 9.17) is 5.73 Å². The van der Waals surface area contributed by atoms with Crippen molar-refractivity contribution >= 4 is 5.91 Å². The van der Waals surface area contributed by atoms with Gasteiger partial charge in [0.25, 0.3) is 0 Å². The van der Waals surface area contributed by atoms with Gasteiger partial charge >= 0.3 is 0 Å². The number of hydrogen-bond donors (Lipinski definition) is 1. The molecule has 1 aliphatic heterocycles. The Morgan fingerprint density at radius 1 is 1.42 bits per heavy atom. The minimum Gasteiger partial charge on any atom is -0.336 e. The van der Waals surface area contributed by atoms with E-state index in [0.717, 1.165) is 24.9 Å². The molecule has 1 unspecified atom stereocenters. The van der Waals surface area contributed by atoms with Crippen molar-refractivity contribution in [2.75, 3.05) is 13.1 Å². The van der Waals surface area contributed by atoms with Crippen LogP contribution in [0.15, 0.2) is 18.2 Å². The molecule has 1 saturated heterocycles. The van der Waals surface area contributed by atoms with Crippen molar-refractivity contribution in [1.29, 1.82) is 0 Å². The van der Waals surface area contributed by atoms with Gasteiger partial charge < -0.3 is 10.6 Å². The Balaban J connectivity index is 2.15. The number of rotatable bonds is 3. The van der Waals surface area contributed by atoms with Gasteiger partial charge in [-0.15, -0.1) is 0 Å². The second-order valence-corrected chi connectivity index (χ2v) is 5.96. The number of benzene rings is 1. The summed E-state index contributed by atoms with van der Waals surface area (Å²) < 4.78 is 0. The number of nitrogens with zero attached hydrogens (tertiary/aromatic N) is 1. The van der Waals surface area contributed by atoms with E-state index in [2.05, 4.69) is 39.0 Å². The van der Waals surface area contributed by atoms with E-state index in [1.165, 1.54) is 11.1 Å². The molecular weight excluding hydrogens is 236 g/mol. The Hall–Kier alpha value is -1.35. The van der Waals surface area contributed by atoms with Crippen LogP contribution in [0.3, 0.4) is 0 Å². The fourth-order valence-corrected chi connectivity index (χ4v) is 2.91. The number of carbonyl (C=O) groups excluding carboxylic acids is 1. The molecule has 0 saturated carbocycles. The summed E-state index contributed by atoms with van der Waals surface area (Å²) in [6.45, 7) is 7.62. The van der Waals surface area contributed by atoms with E-state index in [1.807, 2.05) is 4.90 Å². The average Bonchev–Trinajstić information content (AvgIpc) is 2.77. The van der Waals surface area contributed by atoms with Crippen molar-refractivity contribution in [3.05, 3.63) is 34.9 Å². The SMILES string of the molecule is Cc1ccc(C)c(CC(=O)N2CCCC2(C)CN)c1. The molecule has 0 spiro atoms. The molecule has 1 aromatic rings. The maximum absolute atomic E-state index is 12.5. The van der Waals surface area contributed by atoms with Crippen LogP contribution in [0.2, 0.25) is 0 Å². The quantitative estimate of drug-likeness (QED) is 0.905. The zero-order chi connectivity index (χ0) is 14.0. The van der Waals surface area contributed by atoms with Crippen molar-refractivity contribution in [1.82, 2.24) is 4.90 Å². The Kier molecular flexibility index (Phi) is 3.95. The molecule has 0 radical (unpaired) electrons. The van der Waals surface area contributed by atoms with Crippen LogP contribution >= 0.6 is 0 Å². The second-order valence-electron chi connectivity index (χ2n) is 5.96. The smallest absolute Gasteiger partial charge is 0.227 e. The first-order chi connectivity index (χ1) is 8.96. The van der Waals surface area contributed by atoms with Crippen LogP contribution in [0.25, 0.3) is 0 Å². The van der Waals surface area contributed by atoms with Gasteiger partial charge in [0.05, 0.1) is 12.0 Å². The molecule has 0 aliphatic carbocycles. The zero-order valence-electron chi connectivity index (χ0n) is 12.2. The number of aryl methyl sites for hydroxylation is 2. The van der Waals surface area contributed by atoms with Crippen molar-refractivity contribution in [2.45, 2.75) is 45.6 Å². The Morgan fingerprint density at radius 2 is 2.16 bits per heavy atom. The minimum absolute atomic E-state index is 0.144. The van der Waals surface area contributed by atoms with Crippen LogP contribution in [0, 0.1) is 13.8 Å². The largest absolute Gasteiger partial charge is 0.336 e. The summed E-state index contributed by atoms with van der Waals surface area (Å²) in [7, 11) is 0. The van der Waals surface area contributed by atoms with Gasteiger partial charge in [-0.25, -0.2) is 0 Å². The van der Waals surface area contributed by atoms with E-state index in [0.29, 0.717) is 13.0 Å². The highest BCUT2D eigenvalue weighted by Crippen LogP contribution is 2.28. The molecule has 2 N–H and O–H groups in total. The molecule has 1 aliphatic rings. The lowest BCUT2D eigenvalue weighted by Gasteiger charge is -2.34. The lowest BCUT2D eigenvalue weighted by atomic mass is 9.97. The summed E-state index contributed by atoms with van der Waals surface area (Å²) in [6, 6.07) is 6.29. The summed E-state index contributed by atoms with van der Waals surface area (Å²) >= 11 is 0. The van der Waals surface area contributed by atoms with Gasteiger partial charge in [0, 0.05) is 13.1 Å². The van der Waals surface area contributed by atoms with Crippen LogP contribution in [0.4, 0.5) is 0 Å². The van der Waals surface area contributed by atoms with Crippen molar-refractivity contribution in [2.24, 2.45) is 5.73 Å². The number of nitrogens with two attached hydrogens (primary N) is 1. The topological polar surface area (TPSA) is 46.3 Å². The van der Waals surface area contributed by atoms with Crippen molar-refractivity contribution in [3.63, 3.8) is 0 Å². The predicted octanol–water partition coefficient (Wildman–Crippen LogP) is 2.19. The van der Waals surface area contributed by atoms with Crippen LogP contribution in [0.5, 0.6) is 0 Å². The first-order valence-corrected chi connectivity index (χ1v) is 7.03. The number of amides is 1. The number of carbonyl (C=O) groups is 1. The lowest BCUT2D eigenvalue weighted by molar-refractivity contribution is -0.133. The first kappa shape index (κ1) is 14.1. The fourth-order valence-electron chi connectivity index (χ4n) is 2.91. The predicted molar refractivity (Wildman–Crippen MR) is 78.0 cm³/mol. The highest BCUT2D eigenvalue weighted by atomic mass is 16.2. The summed E-state index contributed by atoms with van der Waals surface area (Å²) in [5.41, 5.74) is 9.23. The van der Waals surface area contributed by atoms with Crippen molar-refractivity contribution < 1.29 is 4.79 Å². The third-order valence-electron chi connectivity index (χ3n) is 4.34. The van der Waals surface area contributed by atoms with Crippen LogP contribution in [-0.4, -0.2) is 29.4 Å². The van der Waals surface area contributed by atoms with E-state index >= 15 is 0 Å². The van der Waals surface area contributed by atoms with Gasteiger partial charge in [0.15, 0.2) is 0 Å². The van der Waals surface area contributed by atoms with E-state index < -0.39 is 0 Å². The molecule has 1 atom stereocenters. The summed E-state index contributed by atoms with van der Waals surface area (Å²) in [5, 5.41) is 0. The van der Waals surface area contributed by atoms with E-state index in [1.54, 1.807) is 0 Å². The summed E-state index contributed by atoms with van der Waals surface area (Å²) in [6.07, 6.45) is 2.57. The molecule has 104 valence electrons. The Labute approximate surface area is 115 Å². The molecule has 1 amide bonds. The summed E-state index contributed by atoms with van der Waals surface area (Å²) in [4.78, 5) is 14.5. The van der Waals surface area contributed by atoms with Gasteiger partial charge in [-0.1, -0.05) is 23.8 Å². The van der Waals surface area contributed by atoms with Gasteiger partial charge in [-0.2, -0.15) is 0 Å². The molecule has 1 heterocycles. The van der Waals surface area contributed by atoms with Gasteiger partial charge in [-0.3, -0.25) is 4.79 Å². The molecule has 1 aromatic carbocycles. The maximum atomic E-state index is 12.5.